The van der Waals surface area contributed by atoms with Crippen LogP contribution in [0.5, 0.6) is 0 Å². The average molecular weight is 200 g/mol. The first-order chi connectivity index (χ1) is 6.16. The second kappa shape index (κ2) is 3.00. The zero-order valence-electron chi connectivity index (χ0n) is 6.92. The molecule has 4 heteroatoms. The van der Waals surface area contributed by atoms with Crippen molar-refractivity contribution in [3.8, 4) is 0 Å². The molecule has 1 aromatic carbocycles. The predicted octanol–water partition coefficient (Wildman–Crippen LogP) is 3.27. The minimum atomic E-state index is -0.336. The molecular formula is C9H7ClFNO. The van der Waals surface area contributed by atoms with E-state index in [-0.39, 0.29) is 11.2 Å². The summed E-state index contributed by atoms with van der Waals surface area (Å²) in [5, 5.41) is -0.296. The highest BCUT2D eigenvalue weighted by Crippen LogP contribution is 2.23. The third kappa shape index (κ3) is 1.52. The lowest BCUT2D eigenvalue weighted by Gasteiger charge is -1.91. The molecule has 2 rings (SSSR count). The molecule has 1 unspecified atom stereocenters. The maximum absolute atomic E-state index is 12.7. The Morgan fingerprint density at radius 2 is 2.31 bits per heavy atom. The molecule has 0 radical (unpaired) electrons. The van der Waals surface area contributed by atoms with Crippen molar-refractivity contribution in [3.63, 3.8) is 0 Å². The van der Waals surface area contributed by atoms with E-state index in [4.69, 9.17) is 16.0 Å². The molecule has 1 heterocycles. The molecule has 0 fully saturated rings. The Hall–Kier alpha value is -1.09. The van der Waals surface area contributed by atoms with Crippen LogP contribution in [0.4, 0.5) is 4.39 Å². The van der Waals surface area contributed by atoms with Crippen molar-refractivity contribution in [2.75, 3.05) is 0 Å². The van der Waals surface area contributed by atoms with Crippen LogP contribution < -0.4 is 0 Å². The summed E-state index contributed by atoms with van der Waals surface area (Å²) in [5.41, 5.74) is 1.06. The van der Waals surface area contributed by atoms with Gasteiger partial charge in [0.2, 0.25) is 5.89 Å². The minimum Gasteiger partial charge on any atom is -0.439 e. The van der Waals surface area contributed by atoms with E-state index < -0.39 is 0 Å². The van der Waals surface area contributed by atoms with Crippen molar-refractivity contribution >= 4 is 22.7 Å². The number of benzene rings is 1. The Labute approximate surface area is 79.3 Å². The van der Waals surface area contributed by atoms with E-state index in [1.165, 1.54) is 12.1 Å². The van der Waals surface area contributed by atoms with E-state index in [0.29, 0.717) is 17.0 Å². The van der Waals surface area contributed by atoms with Crippen molar-refractivity contribution in [1.82, 2.24) is 4.98 Å². The van der Waals surface area contributed by atoms with Crippen LogP contribution in [-0.4, -0.2) is 4.98 Å². The maximum atomic E-state index is 12.7. The van der Waals surface area contributed by atoms with Crippen LogP contribution in [0.1, 0.15) is 18.2 Å². The summed E-state index contributed by atoms with van der Waals surface area (Å²) in [6.45, 7) is 1.75. The molecule has 1 atom stereocenters. The van der Waals surface area contributed by atoms with Crippen LogP contribution in [0.2, 0.25) is 0 Å². The van der Waals surface area contributed by atoms with Gasteiger partial charge in [-0.2, -0.15) is 0 Å². The summed E-state index contributed by atoms with van der Waals surface area (Å²) in [5.74, 6) is 0.0830. The van der Waals surface area contributed by atoms with Gasteiger partial charge in [0.05, 0.1) is 0 Å². The number of nitrogens with zero attached hydrogens (tertiary/aromatic N) is 1. The molecule has 0 bridgehead atoms. The van der Waals surface area contributed by atoms with Crippen LogP contribution in [0, 0.1) is 5.82 Å². The number of alkyl halides is 1. The van der Waals surface area contributed by atoms with E-state index in [9.17, 15) is 4.39 Å². The highest BCUT2D eigenvalue weighted by molar-refractivity contribution is 6.20. The Bertz CT molecular complexity index is 438. The van der Waals surface area contributed by atoms with Gasteiger partial charge >= 0.3 is 0 Å². The van der Waals surface area contributed by atoms with Gasteiger partial charge in [0, 0.05) is 6.07 Å². The van der Waals surface area contributed by atoms with Gasteiger partial charge in [0.1, 0.15) is 16.7 Å². The fraction of sp³-hybridized carbons (Fsp3) is 0.222. The SMILES string of the molecule is CC(Cl)c1nc2ccc(F)cc2o1. The van der Waals surface area contributed by atoms with Gasteiger partial charge < -0.3 is 4.42 Å². The Morgan fingerprint density at radius 3 is 3.00 bits per heavy atom. The summed E-state index contributed by atoms with van der Waals surface area (Å²) in [4.78, 5) is 4.09. The lowest BCUT2D eigenvalue weighted by Crippen LogP contribution is -1.81. The standard InChI is InChI=1S/C9H7ClFNO/c1-5(10)9-12-7-3-2-6(11)4-8(7)13-9/h2-5H,1H3. The molecule has 0 aliphatic rings. The van der Waals surface area contributed by atoms with Gasteiger partial charge in [-0.15, -0.1) is 11.6 Å². The van der Waals surface area contributed by atoms with Gasteiger partial charge in [-0.3, -0.25) is 0 Å². The Balaban J connectivity index is 2.62. The van der Waals surface area contributed by atoms with E-state index in [0.717, 1.165) is 0 Å². The molecule has 68 valence electrons. The molecule has 0 spiro atoms. The largest absolute Gasteiger partial charge is 0.439 e. The molecule has 0 amide bonds. The smallest absolute Gasteiger partial charge is 0.213 e. The second-order valence-electron chi connectivity index (χ2n) is 2.78. The molecule has 2 nitrogen and oxygen atoms in total. The quantitative estimate of drug-likeness (QED) is 0.659. The fourth-order valence-corrected chi connectivity index (χ4v) is 1.18. The van der Waals surface area contributed by atoms with Crippen LogP contribution in [-0.2, 0) is 0 Å². The van der Waals surface area contributed by atoms with Crippen LogP contribution >= 0.6 is 11.6 Å². The normalized spacial score (nSPS) is 13.5. The number of rotatable bonds is 1. The number of hydrogen-bond donors (Lipinski definition) is 0. The highest BCUT2D eigenvalue weighted by Gasteiger charge is 2.10. The second-order valence-corrected chi connectivity index (χ2v) is 3.43. The minimum absolute atomic E-state index is 0.296. The average Bonchev–Trinajstić information content (AvgIpc) is 2.46. The molecule has 0 saturated heterocycles. The first-order valence-corrected chi connectivity index (χ1v) is 4.30. The summed E-state index contributed by atoms with van der Waals surface area (Å²) in [7, 11) is 0. The van der Waals surface area contributed by atoms with Gasteiger partial charge in [-0.05, 0) is 19.1 Å². The number of hydrogen-bond acceptors (Lipinski definition) is 2. The van der Waals surface area contributed by atoms with Gasteiger partial charge in [0.15, 0.2) is 5.58 Å². The van der Waals surface area contributed by atoms with Crippen molar-refractivity contribution in [1.29, 1.82) is 0 Å². The van der Waals surface area contributed by atoms with Crippen LogP contribution in [0.25, 0.3) is 11.1 Å². The van der Waals surface area contributed by atoms with Gasteiger partial charge in [-0.1, -0.05) is 0 Å². The van der Waals surface area contributed by atoms with Crippen molar-refractivity contribution in [3.05, 3.63) is 29.9 Å². The molecular weight excluding hydrogens is 193 g/mol. The summed E-state index contributed by atoms with van der Waals surface area (Å²) < 4.78 is 18.0. The lowest BCUT2D eigenvalue weighted by molar-refractivity contribution is 0.528. The van der Waals surface area contributed by atoms with E-state index >= 15 is 0 Å². The topological polar surface area (TPSA) is 26.0 Å². The van der Waals surface area contributed by atoms with E-state index in [2.05, 4.69) is 4.98 Å². The molecule has 0 N–H and O–H groups in total. The third-order valence-electron chi connectivity index (χ3n) is 1.71. The fourth-order valence-electron chi connectivity index (χ4n) is 1.09. The number of aromatic nitrogens is 1. The molecule has 0 aliphatic carbocycles. The number of oxazole rings is 1. The Morgan fingerprint density at radius 1 is 1.54 bits per heavy atom. The van der Waals surface area contributed by atoms with Gasteiger partial charge in [-0.25, -0.2) is 9.37 Å². The Kier molecular flexibility index (Phi) is 1.96. The predicted molar refractivity (Wildman–Crippen MR) is 48.2 cm³/mol. The van der Waals surface area contributed by atoms with E-state index in [1.807, 2.05) is 0 Å². The first kappa shape index (κ1) is 8.51. The highest BCUT2D eigenvalue weighted by atomic mass is 35.5. The maximum Gasteiger partial charge on any atom is 0.213 e. The van der Waals surface area contributed by atoms with E-state index in [1.54, 1.807) is 13.0 Å². The summed E-state index contributed by atoms with van der Waals surface area (Å²) >= 11 is 5.76. The lowest BCUT2D eigenvalue weighted by atomic mass is 10.3. The molecule has 0 saturated carbocycles. The van der Waals surface area contributed by atoms with Crippen LogP contribution in [0.3, 0.4) is 0 Å². The molecule has 2 aromatic rings. The zero-order chi connectivity index (χ0) is 9.42. The van der Waals surface area contributed by atoms with Crippen molar-refractivity contribution < 1.29 is 8.81 Å². The first-order valence-electron chi connectivity index (χ1n) is 3.87. The van der Waals surface area contributed by atoms with Gasteiger partial charge in [0.25, 0.3) is 0 Å². The molecule has 1 aromatic heterocycles. The zero-order valence-corrected chi connectivity index (χ0v) is 7.68. The van der Waals surface area contributed by atoms with Crippen molar-refractivity contribution in [2.24, 2.45) is 0 Å². The third-order valence-corrected chi connectivity index (χ3v) is 1.89. The molecule has 13 heavy (non-hydrogen) atoms. The monoisotopic (exact) mass is 199 g/mol. The summed E-state index contributed by atoms with van der Waals surface area (Å²) in [6, 6.07) is 4.20. The van der Waals surface area contributed by atoms with Crippen molar-refractivity contribution in [2.45, 2.75) is 12.3 Å². The van der Waals surface area contributed by atoms with Crippen LogP contribution in [0.15, 0.2) is 22.6 Å². The number of halogens is 2. The summed E-state index contributed by atoms with van der Waals surface area (Å²) in [6.07, 6.45) is 0. The number of fused-ring (bicyclic) bond motifs is 1. The molecule has 0 aliphatic heterocycles.